The van der Waals surface area contributed by atoms with Crippen molar-refractivity contribution in [1.29, 1.82) is 0 Å². The molecule has 1 N–H and O–H groups in total. The van der Waals surface area contributed by atoms with Crippen LogP contribution in [0.4, 0.5) is 11.4 Å². The van der Waals surface area contributed by atoms with E-state index in [1.54, 1.807) is 48.5 Å². The Morgan fingerprint density at radius 3 is 2.27 bits per heavy atom. The number of halogens is 1. The van der Waals surface area contributed by atoms with Crippen LogP contribution < -0.4 is 15.0 Å². The number of amides is 3. The van der Waals surface area contributed by atoms with Crippen LogP contribution in [0.2, 0.25) is 5.02 Å². The lowest BCUT2D eigenvalue weighted by Gasteiger charge is -2.16. The summed E-state index contributed by atoms with van der Waals surface area (Å²) in [5, 5.41) is 2.82. The van der Waals surface area contributed by atoms with Crippen molar-refractivity contribution in [3.63, 3.8) is 0 Å². The number of benzene rings is 3. The van der Waals surface area contributed by atoms with Gasteiger partial charge in [0.15, 0.2) is 6.61 Å². The van der Waals surface area contributed by atoms with Gasteiger partial charge in [-0.3, -0.25) is 14.4 Å². The van der Waals surface area contributed by atoms with Gasteiger partial charge in [-0.1, -0.05) is 29.8 Å². The Labute approximate surface area is 193 Å². The summed E-state index contributed by atoms with van der Waals surface area (Å²) in [5.74, 6) is -1.58. The highest BCUT2D eigenvalue weighted by atomic mass is 35.5. The summed E-state index contributed by atoms with van der Waals surface area (Å²) in [6.07, 6.45) is 0. The van der Waals surface area contributed by atoms with Gasteiger partial charge in [-0.25, -0.2) is 9.69 Å². The van der Waals surface area contributed by atoms with E-state index in [2.05, 4.69) is 10.1 Å². The molecule has 0 aliphatic carbocycles. The van der Waals surface area contributed by atoms with E-state index >= 15 is 0 Å². The molecule has 0 spiro atoms. The van der Waals surface area contributed by atoms with Crippen LogP contribution in [0.15, 0.2) is 66.7 Å². The average molecular weight is 465 g/mol. The molecule has 166 valence electrons. The lowest BCUT2D eigenvalue weighted by atomic mass is 10.1. The molecule has 0 saturated heterocycles. The highest BCUT2D eigenvalue weighted by Gasteiger charge is 2.37. The molecule has 0 atom stereocenters. The van der Waals surface area contributed by atoms with E-state index in [-0.39, 0.29) is 22.9 Å². The first-order chi connectivity index (χ1) is 15.9. The predicted molar refractivity (Wildman–Crippen MR) is 121 cm³/mol. The molecule has 33 heavy (non-hydrogen) atoms. The molecule has 3 amide bonds. The van der Waals surface area contributed by atoms with Crippen LogP contribution in [-0.2, 0) is 9.53 Å². The van der Waals surface area contributed by atoms with Crippen molar-refractivity contribution < 1.29 is 28.7 Å². The summed E-state index contributed by atoms with van der Waals surface area (Å²) >= 11 is 6.36. The quantitative estimate of drug-likeness (QED) is 0.438. The molecule has 4 rings (SSSR count). The lowest BCUT2D eigenvalue weighted by Crippen LogP contribution is -2.29. The number of anilines is 2. The molecular formula is C24H17ClN2O6. The predicted octanol–water partition coefficient (Wildman–Crippen LogP) is 3.94. The third-order valence-electron chi connectivity index (χ3n) is 4.92. The number of carbonyl (C=O) groups excluding carboxylic acids is 4. The number of nitrogens with zero attached hydrogens (tertiary/aromatic N) is 1. The van der Waals surface area contributed by atoms with Gasteiger partial charge in [-0.2, -0.15) is 0 Å². The molecular weight excluding hydrogens is 448 g/mol. The van der Waals surface area contributed by atoms with Gasteiger partial charge in [-0.15, -0.1) is 0 Å². The molecule has 9 heteroatoms. The minimum absolute atomic E-state index is 0.123. The first kappa shape index (κ1) is 22.0. The van der Waals surface area contributed by atoms with Gasteiger partial charge >= 0.3 is 5.97 Å². The normalized spacial score (nSPS) is 12.4. The summed E-state index contributed by atoms with van der Waals surface area (Å²) in [4.78, 5) is 50.3. The van der Waals surface area contributed by atoms with Crippen molar-refractivity contribution in [2.45, 2.75) is 0 Å². The standard InChI is InChI=1S/C24H17ClN2O6/c1-32-21(28)13-33-16-6-4-5-14(11-16)22(29)26-15-9-10-20(19(25)12-15)27-23(30)17-7-2-3-8-18(17)24(27)31/h2-12H,13H2,1H3,(H,26,29). The first-order valence-corrected chi connectivity index (χ1v) is 10.1. The van der Waals surface area contributed by atoms with E-state index in [1.807, 2.05) is 0 Å². The van der Waals surface area contributed by atoms with Crippen LogP contribution >= 0.6 is 11.6 Å². The van der Waals surface area contributed by atoms with E-state index in [1.165, 1.54) is 25.3 Å². The summed E-state index contributed by atoms with van der Waals surface area (Å²) in [6.45, 7) is -0.281. The summed E-state index contributed by atoms with van der Waals surface area (Å²) in [6, 6.07) is 17.3. The number of esters is 1. The van der Waals surface area contributed by atoms with Crippen molar-refractivity contribution in [2.24, 2.45) is 0 Å². The zero-order valence-corrected chi connectivity index (χ0v) is 18.1. The second-order valence-corrected chi connectivity index (χ2v) is 7.41. The van der Waals surface area contributed by atoms with Crippen LogP contribution in [0.1, 0.15) is 31.1 Å². The Morgan fingerprint density at radius 1 is 0.939 bits per heavy atom. The third kappa shape index (κ3) is 4.42. The monoisotopic (exact) mass is 464 g/mol. The number of nitrogens with one attached hydrogen (secondary N) is 1. The minimum atomic E-state index is -0.544. The molecule has 0 unspecified atom stereocenters. The largest absolute Gasteiger partial charge is 0.482 e. The van der Waals surface area contributed by atoms with E-state index in [9.17, 15) is 19.2 Å². The van der Waals surface area contributed by atoms with E-state index in [0.29, 0.717) is 22.6 Å². The Hall–Kier alpha value is -4.17. The van der Waals surface area contributed by atoms with Crippen LogP contribution in [0.3, 0.4) is 0 Å². The molecule has 8 nitrogen and oxygen atoms in total. The van der Waals surface area contributed by atoms with Gasteiger partial charge in [-0.05, 0) is 48.5 Å². The lowest BCUT2D eigenvalue weighted by molar-refractivity contribution is -0.142. The molecule has 1 heterocycles. The van der Waals surface area contributed by atoms with E-state index < -0.39 is 23.7 Å². The van der Waals surface area contributed by atoms with Gasteiger partial charge in [0.2, 0.25) is 0 Å². The first-order valence-electron chi connectivity index (χ1n) is 9.77. The maximum absolute atomic E-state index is 12.7. The highest BCUT2D eigenvalue weighted by Crippen LogP contribution is 2.35. The fraction of sp³-hybridized carbons (Fsp3) is 0.0833. The molecule has 0 aromatic heterocycles. The molecule has 3 aromatic rings. The summed E-state index contributed by atoms with van der Waals surface area (Å²) < 4.78 is 9.81. The molecule has 0 saturated carbocycles. The number of hydrogen-bond acceptors (Lipinski definition) is 6. The number of rotatable bonds is 6. The molecule has 0 fully saturated rings. The SMILES string of the molecule is COC(=O)COc1cccc(C(=O)Nc2ccc(N3C(=O)c4ccccc4C3=O)c(Cl)c2)c1. The summed E-state index contributed by atoms with van der Waals surface area (Å²) in [7, 11) is 1.25. The van der Waals surface area contributed by atoms with Crippen molar-refractivity contribution in [3.05, 3.63) is 88.4 Å². The fourth-order valence-electron chi connectivity index (χ4n) is 3.31. The molecule has 3 aromatic carbocycles. The van der Waals surface area contributed by atoms with Gasteiger partial charge in [0.05, 0.1) is 28.9 Å². The van der Waals surface area contributed by atoms with Gasteiger partial charge in [0, 0.05) is 11.3 Å². The van der Waals surface area contributed by atoms with Gasteiger partial charge < -0.3 is 14.8 Å². The molecule has 1 aliphatic rings. The Kier molecular flexibility index (Phi) is 6.10. The van der Waals surface area contributed by atoms with Crippen molar-refractivity contribution in [2.75, 3.05) is 23.9 Å². The highest BCUT2D eigenvalue weighted by molar-refractivity contribution is 6.40. The van der Waals surface area contributed by atoms with Crippen LogP contribution in [0, 0.1) is 0 Å². The minimum Gasteiger partial charge on any atom is -0.482 e. The van der Waals surface area contributed by atoms with Crippen molar-refractivity contribution >= 4 is 46.7 Å². The maximum Gasteiger partial charge on any atom is 0.343 e. The number of imide groups is 1. The average Bonchev–Trinajstić information content (AvgIpc) is 3.08. The van der Waals surface area contributed by atoms with E-state index in [0.717, 1.165) is 4.90 Å². The Bertz CT molecular complexity index is 1250. The van der Waals surface area contributed by atoms with Gasteiger partial charge in [0.1, 0.15) is 5.75 Å². The zero-order chi connectivity index (χ0) is 23.5. The molecule has 1 aliphatic heterocycles. The van der Waals surface area contributed by atoms with Crippen LogP contribution in [0.25, 0.3) is 0 Å². The van der Waals surface area contributed by atoms with E-state index in [4.69, 9.17) is 16.3 Å². The Morgan fingerprint density at radius 2 is 1.64 bits per heavy atom. The fourth-order valence-corrected chi connectivity index (χ4v) is 3.57. The number of methoxy groups -OCH3 is 1. The van der Waals surface area contributed by atoms with Crippen LogP contribution in [0.5, 0.6) is 5.75 Å². The third-order valence-corrected chi connectivity index (χ3v) is 5.22. The van der Waals surface area contributed by atoms with Gasteiger partial charge in [0.25, 0.3) is 17.7 Å². The molecule has 0 radical (unpaired) electrons. The topological polar surface area (TPSA) is 102 Å². The van der Waals surface area contributed by atoms with Crippen LogP contribution in [-0.4, -0.2) is 37.4 Å². The Balaban J connectivity index is 1.49. The smallest absolute Gasteiger partial charge is 0.343 e. The number of fused-ring (bicyclic) bond motifs is 1. The molecule has 0 bridgehead atoms. The van der Waals surface area contributed by atoms with Crippen molar-refractivity contribution in [3.8, 4) is 5.75 Å². The number of ether oxygens (including phenoxy) is 2. The summed E-state index contributed by atoms with van der Waals surface area (Å²) in [5.41, 5.74) is 1.50. The van der Waals surface area contributed by atoms with Crippen molar-refractivity contribution in [1.82, 2.24) is 0 Å². The zero-order valence-electron chi connectivity index (χ0n) is 17.3. The maximum atomic E-state index is 12.7. The second-order valence-electron chi connectivity index (χ2n) is 7.00. The number of hydrogen-bond donors (Lipinski definition) is 1. The second kappa shape index (κ2) is 9.13. The number of carbonyl (C=O) groups is 4.